The Bertz CT molecular complexity index is 402. The second-order valence-electron chi connectivity index (χ2n) is 3.41. The van der Waals surface area contributed by atoms with E-state index in [2.05, 4.69) is 31.9 Å². The fourth-order valence-corrected chi connectivity index (χ4v) is 2.12. The van der Waals surface area contributed by atoms with Crippen molar-refractivity contribution in [2.75, 3.05) is 0 Å². The number of benzene rings is 1. The molecule has 0 aliphatic heterocycles. The summed E-state index contributed by atoms with van der Waals surface area (Å²) in [7, 11) is 0. The van der Waals surface area contributed by atoms with Crippen molar-refractivity contribution in [1.82, 2.24) is 0 Å². The molecular formula is C10H7Br2F5. The van der Waals surface area contributed by atoms with E-state index in [0.29, 0.717) is 0 Å². The maximum atomic E-state index is 13.4. The number of hydrogen-bond acceptors (Lipinski definition) is 0. The van der Waals surface area contributed by atoms with Crippen molar-refractivity contribution in [2.24, 2.45) is 0 Å². The molecule has 0 aromatic heterocycles. The van der Waals surface area contributed by atoms with Gasteiger partial charge < -0.3 is 0 Å². The number of hydrogen-bond donors (Lipinski definition) is 0. The summed E-state index contributed by atoms with van der Waals surface area (Å²) in [5.74, 6) is -1.46. The highest BCUT2D eigenvalue weighted by Gasteiger charge is 2.29. The summed E-state index contributed by atoms with van der Waals surface area (Å²) >= 11 is 5.72. The van der Waals surface area contributed by atoms with E-state index in [1.165, 1.54) is 0 Å². The molecule has 0 N–H and O–H groups in total. The van der Waals surface area contributed by atoms with Gasteiger partial charge in [-0.2, -0.15) is 13.2 Å². The van der Waals surface area contributed by atoms with Crippen LogP contribution in [0.3, 0.4) is 0 Å². The molecule has 0 heterocycles. The third-order valence-corrected chi connectivity index (χ3v) is 3.62. The van der Waals surface area contributed by atoms with Crippen LogP contribution in [-0.4, -0.2) is 6.18 Å². The van der Waals surface area contributed by atoms with Crippen molar-refractivity contribution in [2.45, 2.75) is 23.8 Å². The van der Waals surface area contributed by atoms with Gasteiger partial charge in [-0.05, 0) is 34.5 Å². The smallest absolute Gasteiger partial charge is 0.207 e. The molecule has 0 amide bonds. The highest BCUT2D eigenvalue weighted by Crippen LogP contribution is 2.35. The zero-order valence-electron chi connectivity index (χ0n) is 8.29. The lowest BCUT2D eigenvalue weighted by Crippen LogP contribution is -2.08. The van der Waals surface area contributed by atoms with Gasteiger partial charge in [-0.3, -0.25) is 0 Å². The predicted molar refractivity (Wildman–Crippen MR) is 61.0 cm³/mol. The lowest BCUT2D eigenvalue weighted by molar-refractivity contribution is -0.135. The summed E-state index contributed by atoms with van der Waals surface area (Å²) in [5, 5.41) is 0. The average molecular weight is 382 g/mol. The normalized spacial score (nSPS) is 13.8. The van der Waals surface area contributed by atoms with Crippen LogP contribution in [0.5, 0.6) is 0 Å². The van der Waals surface area contributed by atoms with Gasteiger partial charge in [-0.1, -0.05) is 15.9 Å². The first-order valence-corrected chi connectivity index (χ1v) is 6.27. The fourth-order valence-electron chi connectivity index (χ4n) is 1.22. The van der Waals surface area contributed by atoms with Gasteiger partial charge in [0.2, 0.25) is 0 Å². The third kappa shape index (κ3) is 4.54. The SMILES string of the molecule is Fc1cc(C(Br)CCC(F)(F)F)c(F)cc1Br. The summed E-state index contributed by atoms with van der Waals surface area (Å²) < 4.78 is 62.4. The second kappa shape index (κ2) is 5.65. The van der Waals surface area contributed by atoms with Crippen molar-refractivity contribution in [1.29, 1.82) is 0 Å². The van der Waals surface area contributed by atoms with Crippen LogP contribution in [0.1, 0.15) is 23.2 Å². The zero-order valence-corrected chi connectivity index (χ0v) is 11.5. The average Bonchev–Trinajstić information content (AvgIpc) is 2.19. The first kappa shape index (κ1) is 14.9. The Morgan fingerprint density at radius 1 is 1.12 bits per heavy atom. The van der Waals surface area contributed by atoms with E-state index in [0.717, 1.165) is 12.1 Å². The van der Waals surface area contributed by atoms with Gasteiger partial charge in [0.1, 0.15) is 11.6 Å². The van der Waals surface area contributed by atoms with Crippen LogP contribution in [0.15, 0.2) is 16.6 Å². The summed E-state index contributed by atoms with van der Waals surface area (Å²) in [6.45, 7) is 0. The molecule has 0 spiro atoms. The minimum Gasteiger partial charge on any atom is -0.207 e. The Morgan fingerprint density at radius 3 is 2.24 bits per heavy atom. The van der Waals surface area contributed by atoms with Crippen molar-refractivity contribution < 1.29 is 22.0 Å². The Hall–Kier alpha value is -0.170. The minimum atomic E-state index is -4.31. The van der Waals surface area contributed by atoms with E-state index in [1.807, 2.05) is 0 Å². The van der Waals surface area contributed by atoms with E-state index in [4.69, 9.17) is 0 Å². The third-order valence-electron chi connectivity index (χ3n) is 2.06. The highest BCUT2D eigenvalue weighted by atomic mass is 79.9. The van der Waals surface area contributed by atoms with Gasteiger partial charge in [-0.15, -0.1) is 0 Å². The lowest BCUT2D eigenvalue weighted by atomic mass is 10.1. The molecule has 1 aromatic carbocycles. The van der Waals surface area contributed by atoms with Crippen LogP contribution in [0.4, 0.5) is 22.0 Å². The number of halogens is 7. The largest absolute Gasteiger partial charge is 0.389 e. The molecule has 17 heavy (non-hydrogen) atoms. The molecule has 0 aliphatic rings. The first-order chi connectivity index (χ1) is 7.70. The van der Waals surface area contributed by atoms with E-state index >= 15 is 0 Å². The molecule has 1 unspecified atom stereocenters. The maximum Gasteiger partial charge on any atom is 0.389 e. The maximum absolute atomic E-state index is 13.4. The van der Waals surface area contributed by atoms with Gasteiger partial charge in [0, 0.05) is 16.8 Å². The molecule has 0 fully saturated rings. The van der Waals surface area contributed by atoms with Gasteiger partial charge in [-0.25, -0.2) is 8.78 Å². The second-order valence-corrected chi connectivity index (χ2v) is 5.37. The van der Waals surface area contributed by atoms with Crippen LogP contribution >= 0.6 is 31.9 Å². The van der Waals surface area contributed by atoms with Gasteiger partial charge >= 0.3 is 6.18 Å². The van der Waals surface area contributed by atoms with E-state index < -0.39 is 29.1 Å². The zero-order chi connectivity index (χ0) is 13.2. The molecule has 1 atom stereocenters. The van der Waals surface area contributed by atoms with E-state index in [9.17, 15) is 22.0 Å². The molecular weight excluding hydrogens is 375 g/mol. The number of alkyl halides is 4. The fraction of sp³-hybridized carbons (Fsp3) is 0.400. The molecule has 0 saturated carbocycles. The molecule has 96 valence electrons. The highest BCUT2D eigenvalue weighted by molar-refractivity contribution is 9.10. The summed E-state index contributed by atoms with van der Waals surface area (Å²) in [4.78, 5) is -0.869. The van der Waals surface area contributed by atoms with Crippen molar-refractivity contribution in [3.63, 3.8) is 0 Å². The van der Waals surface area contributed by atoms with Gasteiger partial charge in [0.25, 0.3) is 0 Å². The van der Waals surface area contributed by atoms with E-state index in [1.54, 1.807) is 0 Å². The Kier molecular flexibility index (Phi) is 4.95. The molecule has 0 bridgehead atoms. The molecule has 1 aromatic rings. The quantitative estimate of drug-likeness (QED) is 0.368. The molecule has 0 saturated heterocycles. The van der Waals surface area contributed by atoms with Gasteiger partial charge in [0.15, 0.2) is 0 Å². The van der Waals surface area contributed by atoms with Gasteiger partial charge in [0.05, 0.1) is 4.47 Å². The van der Waals surface area contributed by atoms with Crippen LogP contribution in [-0.2, 0) is 0 Å². The standard InChI is InChI=1S/C10H7Br2F5/c11-6(1-2-10(15,16)17)5-3-9(14)7(12)4-8(5)13/h3-4,6H,1-2H2. The van der Waals surface area contributed by atoms with Crippen molar-refractivity contribution in [3.05, 3.63) is 33.8 Å². The minimum absolute atomic E-state index is 0.0609. The molecule has 0 aliphatic carbocycles. The monoisotopic (exact) mass is 380 g/mol. The molecule has 0 nitrogen and oxygen atoms in total. The predicted octanol–water partition coefficient (Wildman–Crippen LogP) is 5.51. The molecule has 7 heteroatoms. The van der Waals surface area contributed by atoms with Crippen LogP contribution in [0.2, 0.25) is 0 Å². The van der Waals surface area contributed by atoms with E-state index in [-0.39, 0.29) is 16.5 Å². The Balaban J connectivity index is 2.82. The lowest BCUT2D eigenvalue weighted by Gasteiger charge is -2.13. The topological polar surface area (TPSA) is 0 Å². The molecule has 1 rings (SSSR count). The summed E-state index contributed by atoms with van der Waals surface area (Å²) in [6.07, 6.45) is -5.71. The Labute approximate surface area is 111 Å². The van der Waals surface area contributed by atoms with Crippen LogP contribution in [0, 0.1) is 11.6 Å². The van der Waals surface area contributed by atoms with Crippen molar-refractivity contribution in [3.8, 4) is 0 Å². The summed E-state index contributed by atoms with van der Waals surface area (Å²) in [6, 6.07) is 1.78. The van der Waals surface area contributed by atoms with Crippen molar-refractivity contribution >= 4 is 31.9 Å². The van der Waals surface area contributed by atoms with Crippen LogP contribution in [0.25, 0.3) is 0 Å². The first-order valence-electron chi connectivity index (χ1n) is 4.56. The van der Waals surface area contributed by atoms with Crippen LogP contribution < -0.4 is 0 Å². The summed E-state index contributed by atoms with van der Waals surface area (Å²) in [5.41, 5.74) is -0.116. The Morgan fingerprint density at radius 2 is 1.71 bits per heavy atom. The molecule has 0 radical (unpaired) electrons. The number of rotatable bonds is 3.